The maximum Gasteiger partial charge on any atom is 0.224 e. The second kappa shape index (κ2) is 5.33. The Morgan fingerprint density at radius 1 is 1.41 bits per heavy atom. The quantitative estimate of drug-likeness (QED) is 0.839. The van der Waals surface area contributed by atoms with E-state index >= 15 is 0 Å². The number of rotatable bonds is 4. The van der Waals surface area contributed by atoms with Gasteiger partial charge in [0, 0.05) is 11.8 Å². The van der Waals surface area contributed by atoms with Gasteiger partial charge in [-0.15, -0.1) is 0 Å². The highest BCUT2D eigenvalue weighted by molar-refractivity contribution is 6.33. The predicted octanol–water partition coefficient (Wildman–Crippen LogP) is 3.20. The lowest BCUT2D eigenvalue weighted by Crippen LogP contribution is -1.96. The lowest BCUT2D eigenvalue weighted by Gasteiger charge is -2.03. The van der Waals surface area contributed by atoms with E-state index in [1.807, 2.05) is 6.07 Å². The third-order valence-corrected chi connectivity index (χ3v) is 2.57. The van der Waals surface area contributed by atoms with Gasteiger partial charge in [-0.1, -0.05) is 24.9 Å². The van der Waals surface area contributed by atoms with E-state index < -0.39 is 0 Å². The van der Waals surface area contributed by atoms with Crippen LogP contribution < -0.4 is 5.32 Å². The zero-order valence-electron chi connectivity index (χ0n) is 9.17. The van der Waals surface area contributed by atoms with Gasteiger partial charge in [0.1, 0.15) is 5.02 Å². The van der Waals surface area contributed by atoms with Gasteiger partial charge in [-0.2, -0.15) is 10.1 Å². The Bertz CT molecular complexity index is 511. The second-order valence-electron chi connectivity index (χ2n) is 3.49. The largest absolute Gasteiger partial charge is 0.322 e. The molecule has 0 aromatic carbocycles. The molecule has 2 aromatic heterocycles. The number of nitrogens with one attached hydrogen (secondary N) is 2. The highest BCUT2D eigenvalue weighted by Crippen LogP contribution is 2.22. The number of nitrogens with zero attached hydrogens (tertiary/aromatic N) is 3. The summed E-state index contributed by atoms with van der Waals surface area (Å²) in [6.07, 6.45) is 3.45. The zero-order valence-corrected chi connectivity index (χ0v) is 10.7. The van der Waals surface area contributed by atoms with Crippen molar-refractivity contribution in [3.8, 4) is 0 Å². The van der Waals surface area contributed by atoms with Crippen molar-refractivity contribution < 1.29 is 0 Å². The Labute approximate surface area is 109 Å². The maximum absolute atomic E-state index is 5.93. The molecule has 0 spiro atoms. The van der Waals surface area contributed by atoms with Gasteiger partial charge < -0.3 is 5.32 Å². The topological polar surface area (TPSA) is 66.5 Å². The smallest absolute Gasteiger partial charge is 0.224 e. The summed E-state index contributed by atoms with van der Waals surface area (Å²) < 4.78 is 0. The average Bonchev–Trinajstić information content (AvgIpc) is 2.72. The molecule has 2 N–H and O–H groups in total. The van der Waals surface area contributed by atoms with Gasteiger partial charge in [-0.05, 0) is 18.0 Å². The highest BCUT2D eigenvalue weighted by atomic mass is 35.5. The van der Waals surface area contributed by atoms with E-state index in [1.54, 1.807) is 0 Å². The molecule has 0 bridgehead atoms. The van der Waals surface area contributed by atoms with Crippen molar-refractivity contribution in [2.45, 2.75) is 19.8 Å². The molecular weight excluding hydrogens is 261 g/mol. The van der Waals surface area contributed by atoms with Crippen LogP contribution in [0.1, 0.15) is 19.0 Å². The summed E-state index contributed by atoms with van der Waals surface area (Å²) in [5.74, 6) is 1.10. The Kier molecular flexibility index (Phi) is 3.81. The lowest BCUT2D eigenvalue weighted by molar-refractivity contribution is 0.867. The summed E-state index contributed by atoms with van der Waals surface area (Å²) in [5, 5.41) is 10.6. The van der Waals surface area contributed by atoms with E-state index in [-0.39, 0.29) is 5.28 Å². The van der Waals surface area contributed by atoms with E-state index in [0.29, 0.717) is 16.7 Å². The summed E-state index contributed by atoms with van der Waals surface area (Å²) in [7, 11) is 0. The Hall–Kier alpha value is -1.33. The Morgan fingerprint density at radius 3 is 3.00 bits per heavy atom. The number of aryl methyl sites for hydroxylation is 1. The Balaban J connectivity index is 2.16. The fourth-order valence-corrected chi connectivity index (χ4v) is 1.65. The summed E-state index contributed by atoms with van der Waals surface area (Å²) in [6.45, 7) is 2.11. The van der Waals surface area contributed by atoms with Crippen molar-refractivity contribution in [1.29, 1.82) is 0 Å². The van der Waals surface area contributed by atoms with Gasteiger partial charge in [-0.25, -0.2) is 4.98 Å². The van der Waals surface area contributed by atoms with Crippen molar-refractivity contribution in [2.24, 2.45) is 0 Å². The summed E-state index contributed by atoms with van der Waals surface area (Å²) in [5.41, 5.74) is 1.06. The van der Waals surface area contributed by atoms with Gasteiger partial charge in [0.15, 0.2) is 11.6 Å². The van der Waals surface area contributed by atoms with Crippen molar-refractivity contribution in [2.75, 3.05) is 5.32 Å². The minimum absolute atomic E-state index is 0.140. The van der Waals surface area contributed by atoms with Gasteiger partial charge in [0.25, 0.3) is 0 Å². The standard InChI is InChI=1S/C10H11Cl2N5/c1-2-3-6-4-8(17-16-6)14-9-7(11)5-13-10(12)15-9/h4-5H,2-3H2,1H3,(H2,13,14,15,16,17). The first-order valence-electron chi connectivity index (χ1n) is 5.18. The van der Waals surface area contributed by atoms with E-state index in [1.165, 1.54) is 6.20 Å². The SMILES string of the molecule is CCCc1cc(Nc2nc(Cl)ncc2Cl)n[nH]1. The monoisotopic (exact) mass is 271 g/mol. The van der Waals surface area contributed by atoms with Crippen LogP contribution in [0.3, 0.4) is 0 Å². The molecule has 0 amide bonds. The molecule has 17 heavy (non-hydrogen) atoms. The highest BCUT2D eigenvalue weighted by Gasteiger charge is 2.07. The molecule has 0 saturated heterocycles. The minimum atomic E-state index is 0.140. The third kappa shape index (κ3) is 3.08. The first-order valence-corrected chi connectivity index (χ1v) is 5.94. The molecule has 0 saturated carbocycles. The molecule has 0 aliphatic carbocycles. The lowest BCUT2D eigenvalue weighted by atomic mass is 10.2. The van der Waals surface area contributed by atoms with Crippen molar-refractivity contribution in [1.82, 2.24) is 20.2 Å². The van der Waals surface area contributed by atoms with Crippen LogP contribution in [0, 0.1) is 0 Å². The van der Waals surface area contributed by atoms with Gasteiger partial charge >= 0.3 is 0 Å². The maximum atomic E-state index is 5.93. The predicted molar refractivity (Wildman–Crippen MR) is 67.9 cm³/mol. The minimum Gasteiger partial charge on any atom is -0.322 e. The first-order chi connectivity index (χ1) is 8.19. The van der Waals surface area contributed by atoms with Crippen molar-refractivity contribution in [3.05, 3.63) is 28.3 Å². The second-order valence-corrected chi connectivity index (χ2v) is 4.23. The fraction of sp³-hybridized carbons (Fsp3) is 0.300. The molecule has 90 valence electrons. The van der Waals surface area contributed by atoms with Crippen molar-refractivity contribution in [3.63, 3.8) is 0 Å². The van der Waals surface area contributed by atoms with Crippen LogP contribution in [0.5, 0.6) is 0 Å². The molecule has 0 radical (unpaired) electrons. The molecule has 0 aliphatic heterocycles. The van der Waals surface area contributed by atoms with Crippen LogP contribution in [-0.4, -0.2) is 20.2 Å². The normalized spacial score (nSPS) is 10.5. The number of hydrogen-bond donors (Lipinski definition) is 2. The number of aromatic amines is 1. The summed E-state index contributed by atoms with van der Waals surface area (Å²) in [4.78, 5) is 7.75. The van der Waals surface area contributed by atoms with Gasteiger partial charge in [0.2, 0.25) is 5.28 Å². The average molecular weight is 272 g/mol. The third-order valence-electron chi connectivity index (χ3n) is 2.11. The van der Waals surface area contributed by atoms with Crippen LogP contribution >= 0.6 is 23.2 Å². The molecule has 7 heteroatoms. The Morgan fingerprint density at radius 2 is 2.24 bits per heavy atom. The van der Waals surface area contributed by atoms with Gasteiger partial charge in [-0.3, -0.25) is 5.10 Å². The molecule has 5 nitrogen and oxygen atoms in total. The first kappa shape index (κ1) is 12.1. The van der Waals surface area contributed by atoms with E-state index in [0.717, 1.165) is 18.5 Å². The van der Waals surface area contributed by atoms with Crippen LogP contribution in [0.4, 0.5) is 11.6 Å². The van der Waals surface area contributed by atoms with Crippen LogP contribution in [0.25, 0.3) is 0 Å². The summed E-state index contributed by atoms with van der Waals surface area (Å²) >= 11 is 11.6. The van der Waals surface area contributed by atoms with E-state index in [9.17, 15) is 0 Å². The number of hydrogen-bond acceptors (Lipinski definition) is 4. The number of aromatic nitrogens is 4. The van der Waals surface area contributed by atoms with Crippen LogP contribution in [0.2, 0.25) is 10.3 Å². The number of H-pyrrole nitrogens is 1. The zero-order chi connectivity index (χ0) is 12.3. The molecule has 0 atom stereocenters. The molecule has 0 aliphatic rings. The molecule has 2 aromatic rings. The molecule has 2 heterocycles. The number of anilines is 2. The molecule has 2 rings (SSSR count). The van der Waals surface area contributed by atoms with E-state index in [2.05, 4.69) is 32.4 Å². The molecule has 0 unspecified atom stereocenters. The van der Waals surface area contributed by atoms with Crippen molar-refractivity contribution >= 4 is 34.8 Å². The molecule has 0 fully saturated rings. The number of halogens is 2. The van der Waals surface area contributed by atoms with Crippen LogP contribution in [-0.2, 0) is 6.42 Å². The summed E-state index contributed by atoms with van der Waals surface area (Å²) in [6, 6.07) is 1.91. The van der Waals surface area contributed by atoms with E-state index in [4.69, 9.17) is 23.2 Å². The fourth-order valence-electron chi connectivity index (χ4n) is 1.38. The van der Waals surface area contributed by atoms with Crippen LogP contribution in [0.15, 0.2) is 12.3 Å². The molecular formula is C10H11Cl2N5. The van der Waals surface area contributed by atoms with Gasteiger partial charge in [0.05, 0.1) is 6.20 Å².